The number of nitrogens with two attached hydrogens (primary N) is 1. The number of aromatic nitrogens is 1. The Hall–Kier alpha value is -1.29. The van der Waals surface area contributed by atoms with E-state index in [1.807, 2.05) is 0 Å². The standard InChI is InChI=1S/C5H7N3O/c6-8(5-9)7-3-1-2-4-7/h1-5H,6H2. The van der Waals surface area contributed by atoms with Crippen molar-refractivity contribution >= 4 is 6.41 Å². The SMILES string of the molecule is NN(C=O)n1cccc1. The molecule has 1 aromatic heterocycles. The van der Waals surface area contributed by atoms with Crippen LogP contribution in [0.25, 0.3) is 0 Å². The molecule has 0 unspecified atom stereocenters. The number of nitrogens with zero attached hydrogens (tertiary/aromatic N) is 2. The van der Waals surface area contributed by atoms with Crippen LogP contribution in [0.1, 0.15) is 0 Å². The fraction of sp³-hybridized carbons (Fsp3) is 0. The van der Waals surface area contributed by atoms with E-state index in [4.69, 9.17) is 5.84 Å². The smallest absolute Gasteiger partial charge is 0.243 e. The highest BCUT2D eigenvalue weighted by Crippen LogP contribution is 1.85. The monoisotopic (exact) mass is 125 g/mol. The summed E-state index contributed by atoms with van der Waals surface area (Å²) in [6.45, 7) is 0. The van der Waals surface area contributed by atoms with Crippen molar-refractivity contribution in [3.63, 3.8) is 0 Å². The first kappa shape index (κ1) is 5.84. The maximum absolute atomic E-state index is 9.98. The Morgan fingerprint density at radius 2 is 2.00 bits per heavy atom. The first-order valence-corrected chi connectivity index (χ1v) is 2.47. The van der Waals surface area contributed by atoms with Crippen molar-refractivity contribution in [3.8, 4) is 0 Å². The number of rotatable bonds is 2. The molecule has 0 saturated carbocycles. The number of carbonyl (C=O) groups excluding carboxylic acids is 1. The number of carbonyl (C=O) groups is 1. The van der Waals surface area contributed by atoms with Crippen LogP contribution in [-0.4, -0.2) is 11.1 Å². The van der Waals surface area contributed by atoms with Crippen LogP contribution in [0, 0.1) is 0 Å². The Morgan fingerprint density at radius 1 is 1.44 bits per heavy atom. The number of hydrazine groups is 1. The van der Waals surface area contributed by atoms with Crippen LogP contribution in [-0.2, 0) is 4.79 Å². The van der Waals surface area contributed by atoms with Crippen molar-refractivity contribution in [1.29, 1.82) is 0 Å². The van der Waals surface area contributed by atoms with E-state index in [0.717, 1.165) is 5.12 Å². The fourth-order valence-electron chi connectivity index (χ4n) is 0.534. The zero-order chi connectivity index (χ0) is 6.69. The molecule has 0 fully saturated rings. The Balaban J connectivity index is 2.76. The van der Waals surface area contributed by atoms with Crippen LogP contribution in [0.3, 0.4) is 0 Å². The second-order valence-corrected chi connectivity index (χ2v) is 1.55. The summed E-state index contributed by atoms with van der Waals surface area (Å²) in [6, 6.07) is 3.56. The Morgan fingerprint density at radius 3 is 2.44 bits per heavy atom. The molecule has 0 bridgehead atoms. The summed E-state index contributed by atoms with van der Waals surface area (Å²) in [7, 11) is 0. The molecule has 0 spiro atoms. The Labute approximate surface area is 52.4 Å². The quantitative estimate of drug-likeness (QED) is 0.250. The molecule has 9 heavy (non-hydrogen) atoms. The minimum absolute atomic E-state index is 0.528. The van der Waals surface area contributed by atoms with E-state index >= 15 is 0 Å². The van der Waals surface area contributed by atoms with Gasteiger partial charge < -0.3 is 0 Å². The minimum atomic E-state index is 0.528. The lowest BCUT2D eigenvalue weighted by Gasteiger charge is -2.09. The van der Waals surface area contributed by atoms with Gasteiger partial charge in [-0.05, 0) is 12.1 Å². The number of amides is 1. The molecule has 0 radical (unpaired) electrons. The maximum atomic E-state index is 9.98. The molecule has 1 aromatic rings. The Bertz CT molecular complexity index is 182. The van der Waals surface area contributed by atoms with Gasteiger partial charge in [0.15, 0.2) is 0 Å². The van der Waals surface area contributed by atoms with E-state index in [0.29, 0.717) is 6.41 Å². The molecule has 0 aliphatic heterocycles. The van der Waals surface area contributed by atoms with Crippen molar-refractivity contribution < 1.29 is 4.79 Å². The summed E-state index contributed by atoms with van der Waals surface area (Å²) < 4.78 is 1.47. The molecule has 4 heteroatoms. The van der Waals surface area contributed by atoms with Crippen LogP contribution < -0.4 is 11.0 Å². The number of hydrogen-bond donors (Lipinski definition) is 1. The molecule has 1 heterocycles. The van der Waals surface area contributed by atoms with Crippen molar-refractivity contribution in [3.05, 3.63) is 24.5 Å². The molecule has 0 aliphatic rings. The summed E-state index contributed by atoms with van der Waals surface area (Å²) in [5.41, 5.74) is 0. The van der Waals surface area contributed by atoms with Gasteiger partial charge in [-0.15, -0.1) is 0 Å². The van der Waals surface area contributed by atoms with Gasteiger partial charge in [0.05, 0.1) is 0 Å². The zero-order valence-corrected chi connectivity index (χ0v) is 4.77. The van der Waals surface area contributed by atoms with Gasteiger partial charge in [-0.3, -0.25) is 9.47 Å². The number of hydrogen-bond acceptors (Lipinski definition) is 2. The van der Waals surface area contributed by atoms with Gasteiger partial charge in [0.25, 0.3) is 0 Å². The first-order valence-electron chi connectivity index (χ1n) is 2.47. The zero-order valence-electron chi connectivity index (χ0n) is 4.77. The molecular formula is C5H7N3O. The normalized spacial score (nSPS) is 9.00. The summed E-state index contributed by atoms with van der Waals surface area (Å²) in [4.78, 5) is 9.98. The minimum Gasteiger partial charge on any atom is -0.275 e. The van der Waals surface area contributed by atoms with Crippen molar-refractivity contribution in [2.45, 2.75) is 0 Å². The highest BCUT2D eigenvalue weighted by Gasteiger charge is 1.90. The highest BCUT2D eigenvalue weighted by molar-refractivity contribution is 5.58. The molecule has 1 amide bonds. The van der Waals surface area contributed by atoms with Crippen LogP contribution in [0.15, 0.2) is 24.5 Å². The average Bonchev–Trinajstić information content (AvgIpc) is 2.37. The maximum Gasteiger partial charge on any atom is 0.243 e. The Kier molecular flexibility index (Phi) is 1.51. The van der Waals surface area contributed by atoms with Crippen molar-refractivity contribution in [2.24, 2.45) is 5.84 Å². The third-order valence-electron chi connectivity index (χ3n) is 0.963. The third-order valence-corrected chi connectivity index (χ3v) is 0.963. The molecule has 0 atom stereocenters. The average molecular weight is 125 g/mol. The second kappa shape index (κ2) is 2.32. The molecule has 48 valence electrons. The van der Waals surface area contributed by atoms with Gasteiger partial charge >= 0.3 is 0 Å². The molecule has 1 rings (SSSR count). The largest absolute Gasteiger partial charge is 0.275 e. The van der Waals surface area contributed by atoms with Crippen LogP contribution in [0.5, 0.6) is 0 Å². The van der Waals surface area contributed by atoms with Gasteiger partial charge in [0, 0.05) is 12.4 Å². The highest BCUT2D eigenvalue weighted by atomic mass is 16.2. The summed E-state index contributed by atoms with van der Waals surface area (Å²) in [6.07, 6.45) is 3.88. The summed E-state index contributed by atoms with van der Waals surface area (Å²) >= 11 is 0. The van der Waals surface area contributed by atoms with E-state index < -0.39 is 0 Å². The lowest BCUT2D eigenvalue weighted by atomic mass is 10.7. The lowest BCUT2D eigenvalue weighted by molar-refractivity contribution is -0.108. The predicted octanol–water partition coefficient (Wildman–Crippen LogP) is -0.544. The second-order valence-electron chi connectivity index (χ2n) is 1.55. The predicted molar refractivity (Wildman–Crippen MR) is 32.9 cm³/mol. The molecule has 0 aromatic carbocycles. The lowest BCUT2D eigenvalue weighted by Crippen LogP contribution is -2.38. The first-order chi connectivity index (χ1) is 4.34. The van der Waals surface area contributed by atoms with Crippen LogP contribution in [0.2, 0.25) is 0 Å². The molecule has 0 aliphatic carbocycles. The van der Waals surface area contributed by atoms with E-state index in [-0.39, 0.29) is 0 Å². The van der Waals surface area contributed by atoms with E-state index in [2.05, 4.69) is 0 Å². The third kappa shape index (κ3) is 1.09. The molecule has 2 N–H and O–H groups in total. The van der Waals surface area contributed by atoms with Crippen LogP contribution >= 0.6 is 0 Å². The molecule has 0 saturated heterocycles. The summed E-state index contributed by atoms with van der Waals surface area (Å²) in [5.74, 6) is 5.17. The van der Waals surface area contributed by atoms with Crippen LogP contribution in [0.4, 0.5) is 0 Å². The van der Waals surface area contributed by atoms with Gasteiger partial charge in [-0.2, -0.15) is 5.12 Å². The molecule has 4 nitrogen and oxygen atoms in total. The fourth-order valence-corrected chi connectivity index (χ4v) is 0.534. The van der Waals surface area contributed by atoms with Gasteiger partial charge in [0.1, 0.15) is 0 Å². The van der Waals surface area contributed by atoms with Gasteiger partial charge in [0.2, 0.25) is 6.41 Å². The van der Waals surface area contributed by atoms with E-state index in [9.17, 15) is 4.79 Å². The van der Waals surface area contributed by atoms with Crippen molar-refractivity contribution in [1.82, 2.24) is 4.68 Å². The molecular weight excluding hydrogens is 118 g/mol. The van der Waals surface area contributed by atoms with Gasteiger partial charge in [-0.1, -0.05) is 0 Å². The van der Waals surface area contributed by atoms with E-state index in [1.165, 1.54) is 4.68 Å². The van der Waals surface area contributed by atoms with Gasteiger partial charge in [-0.25, -0.2) is 5.84 Å². The van der Waals surface area contributed by atoms with Crippen molar-refractivity contribution in [2.75, 3.05) is 5.12 Å². The summed E-state index contributed by atoms with van der Waals surface area (Å²) in [5, 5.41) is 0.944. The topological polar surface area (TPSA) is 51.3 Å². The van der Waals surface area contributed by atoms with E-state index in [1.54, 1.807) is 24.5 Å².